The summed E-state index contributed by atoms with van der Waals surface area (Å²) < 4.78 is 0. The molecule has 1 N–H and O–H groups in total. The molecular formula is C14H16N2OS. The summed E-state index contributed by atoms with van der Waals surface area (Å²) in [5, 5.41) is 5.94. The minimum absolute atomic E-state index is 0.0320. The molecule has 2 rings (SSSR count). The molecular weight excluding hydrogens is 244 g/mol. The van der Waals surface area contributed by atoms with E-state index in [1.54, 1.807) is 11.3 Å². The molecule has 0 fully saturated rings. The van der Waals surface area contributed by atoms with Gasteiger partial charge in [-0.25, -0.2) is 4.98 Å². The van der Waals surface area contributed by atoms with Gasteiger partial charge in [0.1, 0.15) is 0 Å². The van der Waals surface area contributed by atoms with Crippen LogP contribution in [0.3, 0.4) is 0 Å². The number of thiazole rings is 1. The van der Waals surface area contributed by atoms with Crippen molar-refractivity contribution >= 4 is 22.9 Å². The molecule has 1 aromatic carbocycles. The molecule has 1 heterocycles. The lowest BCUT2D eigenvalue weighted by Gasteiger charge is -2.04. The quantitative estimate of drug-likeness (QED) is 0.916. The first-order chi connectivity index (χ1) is 8.63. The third-order valence-electron chi connectivity index (χ3n) is 2.61. The van der Waals surface area contributed by atoms with Crippen molar-refractivity contribution < 1.29 is 4.79 Å². The number of anilines is 1. The second kappa shape index (κ2) is 5.78. The van der Waals surface area contributed by atoms with Gasteiger partial charge in [0.05, 0.1) is 10.7 Å². The van der Waals surface area contributed by atoms with Crippen molar-refractivity contribution in [1.82, 2.24) is 4.98 Å². The van der Waals surface area contributed by atoms with Crippen LogP contribution in [0.15, 0.2) is 29.6 Å². The normalized spacial score (nSPS) is 10.3. The zero-order valence-corrected chi connectivity index (χ0v) is 11.4. The fraction of sp³-hybridized carbons (Fsp3) is 0.286. The van der Waals surface area contributed by atoms with E-state index in [0.717, 1.165) is 16.4 Å². The molecule has 0 saturated carbocycles. The number of nitrogens with one attached hydrogen (secondary N) is 1. The zero-order valence-electron chi connectivity index (χ0n) is 10.6. The number of aromatic nitrogens is 1. The first-order valence-corrected chi connectivity index (χ1v) is 6.79. The molecule has 1 amide bonds. The maximum absolute atomic E-state index is 11.7. The molecule has 0 unspecified atom stereocenters. The highest BCUT2D eigenvalue weighted by atomic mass is 32.1. The molecule has 0 aliphatic heterocycles. The Kier molecular flexibility index (Phi) is 4.10. The maximum Gasteiger partial charge on any atom is 0.224 e. The molecule has 4 heteroatoms. The van der Waals surface area contributed by atoms with Gasteiger partial charge in [0.25, 0.3) is 0 Å². The van der Waals surface area contributed by atoms with Gasteiger partial charge in [-0.2, -0.15) is 0 Å². The Morgan fingerprint density at radius 1 is 1.28 bits per heavy atom. The van der Waals surface area contributed by atoms with Gasteiger partial charge in [0.2, 0.25) is 5.91 Å². The molecule has 0 aliphatic carbocycles. The van der Waals surface area contributed by atoms with Gasteiger partial charge in [0, 0.05) is 17.5 Å². The third-order valence-corrected chi connectivity index (χ3v) is 3.43. The van der Waals surface area contributed by atoms with Crippen LogP contribution in [0.5, 0.6) is 0 Å². The average molecular weight is 260 g/mol. The lowest BCUT2D eigenvalue weighted by Crippen LogP contribution is -2.12. The van der Waals surface area contributed by atoms with Crippen molar-refractivity contribution in [1.29, 1.82) is 0 Å². The number of hydrogen-bond acceptors (Lipinski definition) is 3. The number of nitrogens with zero attached hydrogens (tertiary/aromatic N) is 1. The van der Waals surface area contributed by atoms with Crippen LogP contribution in [0.1, 0.15) is 22.7 Å². The smallest absolute Gasteiger partial charge is 0.224 e. The fourth-order valence-electron chi connectivity index (χ4n) is 1.63. The maximum atomic E-state index is 11.7. The van der Waals surface area contributed by atoms with E-state index in [1.807, 2.05) is 43.5 Å². The Balaban J connectivity index is 1.83. The molecule has 18 heavy (non-hydrogen) atoms. The van der Waals surface area contributed by atoms with Gasteiger partial charge < -0.3 is 5.32 Å². The fourth-order valence-corrected chi connectivity index (χ4v) is 2.27. The number of hydrogen-bond donors (Lipinski definition) is 1. The van der Waals surface area contributed by atoms with Crippen LogP contribution in [-0.4, -0.2) is 10.9 Å². The first kappa shape index (κ1) is 12.8. The highest BCUT2D eigenvalue weighted by Gasteiger charge is 2.05. The zero-order chi connectivity index (χ0) is 13.0. The minimum Gasteiger partial charge on any atom is -0.326 e. The Morgan fingerprint density at radius 2 is 2.00 bits per heavy atom. The molecule has 3 nitrogen and oxygen atoms in total. The molecule has 2 aromatic rings. The van der Waals surface area contributed by atoms with Gasteiger partial charge in [-0.3, -0.25) is 4.79 Å². The van der Waals surface area contributed by atoms with Gasteiger partial charge in [0.15, 0.2) is 0 Å². The van der Waals surface area contributed by atoms with E-state index in [-0.39, 0.29) is 5.91 Å². The average Bonchev–Trinajstić information content (AvgIpc) is 2.76. The summed E-state index contributed by atoms with van der Waals surface area (Å²) in [6.07, 6.45) is 1.17. The lowest BCUT2D eigenvalue weighted by molar-refractivity contribution is -0.116. The van der Waals surface area contributed by atoms with E-state index in [2.05, 4.69) is 10.3 Å². The Morgan fingerprint density at radius 3 is 2.61 bits per heavy atom. The molecule has 0 bridgehead atoms. The summed E-state index contributed by atoms with van der Waals surface area (Å²) in [7, 11) is 0. The topological polar surface area (TPSA) is 42.0 Å². The van der Waals surface area contributed by atoms with E-state index in [9.17, 15) is 4.79 Å². The van der Waals surface area contributed by atoms with Gasteiger partial charge in [-0.15, -0.1) is 11.3 Å². The van der Waals surface area contributed by atoms with E-state index in [1.165, 1.54) is 5.56 Å². The van der Waals surface area contributed by atoms with Gasteiger partial charge in [-0.05, 0) is 32.4 Å². The largest absolute Gasteiger partial charge is 0.326 e. The summed E-state index contributed by atoms with van der Waals surface area (Å²) in [4.78, 5) is 16.1. The minimum atomic E-state index is 0.0320. The SMILES string of the molecule is Cc1ccc(NC(=O)CCc2csc(C)n2)cc1. The van der Waals surface area contributed by atoms with E-state index >= 15 is 0 Å². The second-order valence-corrected chi connectivity index (χ2v) is 5.33. The van der Waals surface area contributed by atoms with Crippen LogP contribution in [0.25, 0.3) is 0 Å². The van der Waals surface area contributed by atoms with E-state index < -0.39 is 0 Å². The van der Waals surface area contributed by atoms with Crippen molar-refractivity contribution in [3.05, 3.63) is 45.9 Å². The van der Waals surface area contributed by atoms with Crippen molar-refractivity contribution in [3.63, 3.8) is 0 Å². The van der Waals surface area contributed by atoms with Crippen molar-refractivity contribution in [2.45, 2.75) is 26.7 Å². The van der Waals surface area contributed by atoms with Crippen molar-refractivity contribution in [2.24, 2.45) is 0 Å². The number of aryl methyl sites for hydroxylation is 3. The highest BCUT2D eigenvalue weighted by Crippen LogP contribution is 2.12. The molecule has 1 aromatic heterocycles. The molecule has 0 spiro atoms. The van der Waals surface area contributed by atoms with E-state index in [4.69, 9.17) is 0 Å². The van der Waals surface area contributed by atoms with Crippen LogP contribution >= 0.6 is 11.3 Å². The Labute approximate surface area is 111 Å². The van der Waals surface area contributed by atoms with E-state index in [0.29, 0.717) is 12.8 Å². The van der Waals surface area contributed by atoms with Crippen molar-refractivity contribution in [3.8, 4) is 0 Å². The molecule has 0 aliphatic rings. The summed E-state index contributed by atoms with van der Waals surface area (Å²) in [6, 6.07) is 7.80. The van der Waals surface area contributed by atoms with Crippen LogP contribution < -0.4 is 5.32 Å². The van der Waals surface area contributed by atoms with Gasteiger partial charge >= 0.3 is 0 Å². The first-order valence-electron chi connectivity index (χ1n) is 5.91. The molecule has 0 radical (unpaired) electrons. The summed E-state index contributed by atoms with van der Waals surface area (Å²) in [5.74, 6) is 0.0320. The number of carbonyl (C=O) groups is 1. The molecule has 94 valence electrons. The standard InChI is InChI=1S/C14H16N2OS/c1-10-3-5-12(6-4-10)16-14(17)8-7-13-9-18-11(2)15-13/h3-6,9H,7-8H2,1-2H3,(H,16,17). The Hall–Kier alpha value is -1.68. The highest BCUT2D eigenvalue weighted by molar-refractivity contribution is 7.09. The molecule has 0 saturated heterocycles. The van der Waals surface area contributed by atoms with Crippen LogP contribution in [0, 0.1) is 13.8 Å². The monoisotopic (exact) mass is 260 g/mol. The lowest BCUT2D eigenvalue weighted by atomic mass is 10.2. The van der Waals surface area contributed by atoms with Crippen LogP contribution in [0.2, 0.25) is 0 Å². The predicted octanol–water partition coefficient (Wildman–Crippen LogP) is 3.33. The molecule has 0 atom stereocenters. The summed E-state index contributed by atoms with van der Waals surface area (Å²) in [6.45, 7) is 4.00. The third kappa shape index (κ3) is 3.67. The second-order valence-electron chi connectivity index (χ2n) is 4.27. The number of amides is 1. The van der Waals surface area contributed by atoms with Crippen LogP contribution in [0.4, 0.5) is 5.69 Å². The summed E-state index contributed by atoms with van der Waals surface area (Å²) >= 11 is 1.62. The van der Waals surface area contributed by atoms with Crippen molar-refractivity contribution in [2.75, 3.05) is 5.32 Å². The predicted molar refractivity (Wildman–Crippen MR) is 75.0 cm³/mol. The van der Waals surface area contributed by atoms with Crippen LogP contribution in [-0.2, 0) is 11.2 Å². The number of rotatable bonds is 4. The number of carbonyl (C=O) groups excluding carboxylic acids is 1. The summed E-state index contributed by atoms with van der Waals surface area (Å²) in [5.41, 5.74) is 3.03. The Bertz CT molecular complexity index is 531. The number of benzene rings is 1. The van der Waals surface area contributed by atoms with Gasteiger partial charge in [-0.1, -0.05) is 17.7 Å².